The maximum absolute atomic E-state index is 10.6. The molecule has 0 aromatic rings. The number of nitrogens with zero attached hydrogens (tertiary/aromatic N) is 2. The van der Waals surface area contributed by atoms with Gasteiger partial charge in [-0.05, 0) is 6.92 Å². The smallest absolute Gasteiger partial charge is 0.232 e. The SMILES string of the molecule is CC=CCN(C#N)C(C)=O. The van der Waals surface area contributed by atoms with Crippen molar-refractivity contribution in [2.24, 2.45) is 0 Å². The highest BCUT2D eigenvalue weighted by Crippen LogP contribution is 1.86. The van der Waals surface area contributed by atoms with Crippen LogP contribution in [0.1, 0.15) is 13.8 Å². The van der Waals surface area contributed by atoms with Crippen LogP contribution in [0.3, 0.4) is 0 Å². The number of hydrogen-bond acceptors (Lipinski definition) is 2. The summed E-state index contributed by atoms with van der Waals surface area (Å²) in [6.45, 7) is 3.59. The summed E-state index contributed by atoms with van der Waals surface area (Å²) < 4.78 is 0. The standard InChI is InChI=1S/C7H10N2O/c1-3-4-5-9(6-8)7(2)10/h3-4H,5H2,1-2H3. The fraction of sp³-hybridized carbons (Fsp3) is 0.429. The summed E-state index contributed by atoms with van der Waals surface area (Å²) in [6.07, 6.45) is 5.32. The van der Waals surface area contributed by atoms with Crippen molar-refractivity contribution < 1.29 is 4.79 Å². The topological polar surface area (TPSA) is 44.1 Å². The van der Waals surface area contributed by atoms with Crippen LogP contribution < -0.4 is 0 Å². The van der Waals surface area contributed by atoms with Crippen molar-refractivity contribution in [2.45, 2.75) is 13.8 Å². The minimum absolute atomic E-state index is 0.222. The second-order valence-corrected chi connectivity index (χ2v) is 1.80. The van der Waals surface area contributed by atoms with E-state index in [1.54, 1.807) is 18.3 Å². The molecule has 0 aliphatic rings. The first kappa shape index (κ1) is 8.70. The quantitative estimate of drug-likeness (QED) is 0.323. The summed E-state index contributed by atoms with van der Waals surface area (Å²) in [5.41, 5.74) is 0. The molecule has 0 aliphatic heterocycles. The molecular weight excluding hydrogens is 128 g/mol. The molecule has 54 valence electrons. The van der Waals surface area contributed by atoms with Crippen LogP contribution in [0.5, 0.6) is 0 Å². The van der Waals surface area contributed by atoms with Crippen LogP contribution in [0, 0.1) is 11.5 Å². The van der Waals surface area contributed by atoms with Crippen molar-refractivity contribution in [3.05, 3.63) is 12.2 Å². The van der Waals surface area contributed by atoms with E-state index in [9.17, 15) is 4.79 Å². The fourth-order valence-corrected chi connectivity index (χ4v) is 0.451. The molecule has 0 spiro atoms. The second kappa shape index (κ2) is 4.57. The lowest BCUT2D eigenvalue weighted by atomic mass is 10.4. The first-order chi connectivity index (χ1) is 4.72. The van der Waals surface area contributed by atoms with Crippen LogP contribution in [0.25, 0.3) is 0 Å². The molecule has 0 fully saturated rings. The second-order valence-electron chi connectivity index (χ2n) is 1.80. The predicted molar refractivity (Wildman–Crippen MR) is 37.8 cm³/mol. The highest BCUT2D eigenvalue weighted by Gasteiger charge is 2.02. The molecule has 0 saturated carbocycles. The van der Waals surface area contributed by atoms with Crippen molar-refractivity contribution in [3.63, 3.8) is 0 Å². The predicted octanol–water partition coefficient (Wildman–Crippen LogP) is 0.892. The number of allylic oxidation sites excluding steroid dienone is 1. The van der Waals surface area contributed by atoms with Crippen molar-refractivity contribution in [1.82, 2.24) is 4.90 Å². The Kier molecular flexibility index (Phi) is 3.97. The van der Waals surface area contributed by atoms with Crippen LogP contribution in [0.4, 0.5) is 0 Å². The average Bonchev–Trinajstić information content (AvgIpc) is 1.89. The Morgan fingerprint density at radius 2 is 2.40 bits per heavy atom. The molecule has 0 aromatic carbocycles. The molecule has 0 heterocycles. The van der Waals surface area contributed by atoms with Crippen LogP contribution in [-0.4, -0.2) is 17.4 Å². The van der Waals surface area contributed by atoms with Crippen LogP contribution in [-0.2, 0) is 4.79 Å². The zero-order valence-corrected chi connectivity index (χ0v) is 6.16. The number of carbonyl (C=O) groups excluding carboxylic acids is 1. The Bertz CT molecular complexity index is 179. The molecule has 0 unspecified atom stereocenters. The van der Waals surface area contributed by atoms with Crippen molar-refractivity contribution in [3.8, 4) is 6.19 Å². The molecule has 0 aliphatic carbocycles. The molecule has 10 heavy (non-hydrogen) atoms. The van der Waals surface area contributed by atoms with E-state index in [1.807, 2.05) is 6.92 Å². The molecule has 0 saturated heterocycles. The zero-order valence-electron chi connectivity index (χ0n) is 6.16. The summed E-state index contributed by atoms with van der Waals surface area (Å²) in [5, 5.41) is 8.34. The van der Waals surface area contributed by atoms with E-state index in [0.29, 0.717) is 6.54 Å². The molecule has 3 heteroatoms. The lowest BCUT2D eigenvalue weighted by Crippen LogP contribution is -2.22. The normalized spacial score (nSPS) is 9.30. The highest BCUT2D eigenvalue weighted by atomic mass is 16.2. The van der Waals surface area contributed by atoms with E-state index in [0.717, 1.165) is 4.90 Å². The van der Waals surface area contributed by atoms with Gasteiger partial charge in [-0.2, -0.15) is 5.26 Å². The third-order valence-corrected chi connectivity index (χ3v) is 1.02. The monoisotopic (exact) mass is 138 g/mol. The van der Waals surface area contributed by atoms with Gasteiger partial charge in [0.2, 0.25) is 5.91 Å². The molecule has 3 nitrogen and oxygen atoms in total. The summed E-state index contributed by atoms with van der Waals surface area (Å²) >= 11 is 0. The molecule has 0 bridgehead atoms. The van der Waals surface area contributed by atoms with Gasteiger partial charge in [0.1, 0.15) is 0 Å². The molecule has 0 radical (unpaired) electrons. The highest BCUT2D eigenvalue weighted by molar-refractivity contribution is 5.74. The minimum atomic E-state index is -0.222. The first-order valence-corrected chi connectivity index (χ1v) is 3.01. The molecule has 0 rings (SSSR count). The van der Waals surface area contributed by atoms with Crippen LogP contribution >= 0.6 is 0 Å². The lowest BCUT2D eigenvalue weighted by Gasteiger charge is -2.05. The van der Waals surface area contributed by atoms with Gasteiger partial charge in [-0.25, -0.2) is 4.90 Å². The van der Waals surface area contributed by atoms with Gasteiger partial charge >= 0.3 is 0 Å². The van der Waals surface area contributed by atoms with E-state index in [1.165, 1.54) is 6.92 Å². The first-order valence-electron chi connectivity index (χ1n) is 3.01. The third kappa shape index (κ3) is 2.88. The van der Waals surface area contributed by atoms with Gasteiger partial charge < -0.3 is 0 Å². The Morgan fingerprint density at radius 3 is 2.70 bits per heavy atom. The Hall–Kier alpha value is -1.30. The Labute approximate surface area is 60.6 Å². The number of amides is 1. The number of nitriles is 1. The molecule has 0 atom stereocenters. The van der Waals surface area contributed by atoms with Gasteiger partial charge in [-0.1, -0.05) is 12.2 Å². The summed E-state index contributed by atoms with van der Waals surface area (Å²) in [4.78, 5) is 11.6. The van der Waals surface area contributed by atoms with Crippen molar-refractivity contribution >= 4 is 5.91 Å². The maximum Gasteiger partial charge on any atom is 0.232 e. The molecular formula is C7H10N2O. The minimum Gasteiger partial charge on any atom is -0.274 e. The van der Waals surface area contributed by atoms with E-state index in [4.69, 9.17) is 5.26 Å². The largest absolute Gasteiger partial charge is 0.274 e. The lowest BCUT2D eigenvalue weighted by molar-refractivity contribution is -0.125. The van der Waals surface area contributed by atoms with Gasteiger partial charge in [-0.3, -0.25) is 4.79 Å². The van der Waals surface area contributed by atoms with E-state index < -0.39 is 0 Å². The van der Waals surface area contributed by atoms with Gasteiger partial charge in [0.05, 0.1) is 6.54 Å². The Balaban J connectivity index is 3.87. The van der Waals surface area contributed by atoms with Gasteiger partial charge in [0, 0.05) is 6.92 Å². The Morgan fingerprint density at radius 1 is 1.80 bits per heavy atom. The van der Waals surface area contributed by atoms with E-state index in [2.05, 4.69) is 0 Å². The summed E-state index contributed by atoms with van der Waals surface area (Å²) in [6, 6.07) is 0. The molecule has 0 N–H and O–H groups in total. The van der Waals surface area contributed by atoms with Crippen molar-refractivity contribution in [1.29, 1.82) is 5.26 Å². The van der Waals surface area contributed by atoms with Gasteiger partial charge in [0.15, 0.2) is 6.19 Å². The number of rotatable bonds is 2. The number of carbonyl (C=O) groups is 1. The molecule has 1 amide bonds. The maximum atomic E-state index is 10.6. The fourth-order valence-electron chi connectivity index (χ4n) is 0.451. The van der Waals surface area contributed by atoms with Gasteiger partial charge in [-0.15, -0.1) is 0 Å². The zero-order chi connectivity index (χ0) is 7.98. The average molecular weight is 138 g/mol. The number of hydrogen-bond donors (Lipinski definition) is 0. The van der Waals surface area contributed by atoms with Crippen molar-refractivity contribution in [2.75, 3.05) is 6.54 Å². The van der Waals surface area contributed by atoms with Crippen LogP contribution in [0.15, 0.2) is 12.2 Å². The van der Waals surface area contributed by atoms with E-state index >= 15 is 0 Å². The summed E-state index contributed by atoms with van der Waals surface area (Å²) in [7, 11) is 0. The van der Waals surface area contributed by atoms with Crippen LogP contribution in [0.2, 0.25) is 0 Å². The van der Waals surface area contributed by atoms with Gasteiger partial charge in [0.25, 0.3) is 0 Å². The van der Waals surface area contributed by atoms with E-state index in [-0.39, 0.29) is 5.91 Å². The third-order valence-electron chi connectivity index (χ3n) is 1.02. The molecule has 0 aromatic heterocycles. The summed E-state index contributed by atoms with van der Waals surface area (Å²) in [5.74, 6) is -0.222.